The van der Waals surface area contributed by atoms with E-state index in [1.54, 1.807) is 13.8 Å². The van der Waals surface area contributed by atoms with Crippen LogP contribution in [0.25, 0.3) is 16.6 Å². The molecule has 0 radical (unpaired) electrons. The number of aromatic nitrogens is 3. The zero-order valence-corrected chi connectivity index (χ0v) is 15.1. The van der Waals surface area contributed by atoms with Gasteiger partial charge in [-0.05, 0) is 26.0 Å². The van der Waals surface area contributed by atoms with Crippen LogP contribution in [0, 0.1) is 5.82 Å². The molecule has 2 aromatic heterocycles. The second-order valence-electron chi connectivity index (χ2n) is 5.86. The highest BCUT2D eigenvalue weighted by Gasteiger charge is 2.21. The van der Waals surface area contributed by atoms with Gasteiger partial charge in [-0.15, -0.1) is 0 Å². The molecular formula is C18H17FN4O5. The fourth-order valence-corrected chi connectivity index (χ4v) is 2.89. The van der Waals surface area contributed by atoms with Crippen LogP contribution in [-0.4, -0.2) is 38.0 Å². The second kappa shape index (κ2) is 7.14. The number of carboxylic acid groups (broad SMARTS) is 1. The Bertz CT molecular complexity index is 1160. The number of esters is 1. The van der Waals surface area contributed by atoms with Crippen molar-refractivity contribution < 1.29 is 23.8 Å². The molecule has 3 aromatic rings. The van der Waals surface area contributed by atoms with Gasteiger partial charge in [0.25, 0.3) is 0 Å². The van der Waals surface area contributed by atoms with Gasteiger partial charge in [-0.2, -0.15) is 5.10 Å². The van der Waals surface area contributed by atoms with Crippen molar-refractivity contribution in [2.75, 3.05) is 12.3 Å². The molecular weight excluding hydrogens is 371 g/mol. The molecule has 10 heteroatoms. The normalized spacial score (nSPS) is 11.0. The molecule has 3 N–H and O–H groups in total. The van der Waals surface area contributed by atoms with Gasteiger partial charge in [-0.1, -0.05) is 0 Å². The van der Waals surface area contributed by atoms with Crippen LogP contribution in [0.5, 0.6) is 0 Å². The third kappa shape index (κ3) is 2.98. The number of carbonyl (C=O) groups is 2. The number of anilines is 1. The highest BCUT2D eigenvalue weighted by Crippen LogP contribution is 2.24. The second-order valence-corrected chi connectivity index (χ2v) is 5.86. The van der Waals surface area contributed by atoms with E-state index in [-0.39, 0.29) is 29.1 Å². The van der Waals surface area contributed by atoms with Crippen molar-refractivity contribution in [2.45, 2.75) is 20.4 Å². The van der Waals surface area contributed by atoms with E-state index < -0.39 is 28.7 Å². The van der Waals surface area contributed by atoms with E-state index in [2.05, 4.69) is 5.10 Å². The lowest BCUT2D eigenvalue weighted by Crippen LogP contribution is -2.19. The number of nitrogens with zero attached hydrogens (tertiary/aromatic N) is 3. The van der Waals surface area contributed by atoms with E-state index in [1.807, 2.05) is 0 Å². The number of aryl methyl sites for hydroxylation is 1. The minimum Gasteiger partial charge on any atom is -0.477 e. The van der Waals surface area contributed by atoms with Gasteiger partial charge in [-0.25, -0.2) is 18.7 Å². The monoisotopic (exact) mass is 388 g/mol. The molecule has 0 spiro atoms. The molecule has 9 nitrogen and oxygen atoms in total. The maximum Gasteiger partial charge on any atom is 0.343 e. The molecule has 28 heavy (non-hydrogen) atoms. The van der Waals surface area contributed by atoms with Crippen LogP contribution in [-0.2, 0) is 11.3 Å². The summed E-state index contributed by atoms with van der Waals surface area (Å²) in [6.45, 7) is 3.86. The van der Waals surface area contributed by atoms with Gasteiger partial charge < -0.3 is 20.1 Å². The highest BCUT2D eigenvalue weighted by molar-refractivity contribution is 5.95. The molecule has 0 saturated carbocycles. The van der Waals surface area contributed by atoms with Crippen molar-refractivity contribution in [3.05, 3.63) is 51.7 Å². The van der Waals surface area contributed by atoms with E-state index in [0.29, 0.717) is 12.1 Å². The van der Waals surface area contributed by atoms with Gasteiger partial charge in [-0.3, -0.25) is 4.79 Å². The number of benzene rings is 1. The molecule has 0 aliphatic rings. The Morgan fingerprint density at radius 3 is 2.61 bits per heavy atom. The number of hydrogen-bond donors (Lipinski definition) is 2. The summed E-state index contributed by atoms with van der Waals surface area (Å²) in [5.74, 6) is -3.05. The summed E-state index contributed by atoms with van der Waals surface area (Å²) < 4.78 is 22.2. The SMILES string of the molecule is CCOC(=O)c1cnn(-c2cc3c(cc2F)c(=O)c(C(=O)O)cn3CC)c1N. The first kappa shape index (κ1) is 19.1. The number of halogens is 1. The Kier molecular flexibility index (Phi) is 4.87. The molecule has 0 saturated heterocycles. The van der Waals surface area contributed by atoms with Crippen LogP contribution in [0.15, 0.2) is 29.3 Å². The van der Waals surface area contributed by atoms with Crippen LogP contribution in [0.2, 0.25) is 0 Å². The Morgan fingerprint density at radius 2 is 2.00 bits per heavy atom. The van der Waals surface area contributed by atoms with Crippen LogP contribution in [0.3, 0.4) is 0 Å². The standard InChI is InChI=1S/C18H17FN4O5/c1-3-22-8-11(17(25)26)15(24)9-5-12(19)14(6-13(9)22)23-16(20)10(7-21-23)18(27)28-4-2/h5-8H,3-4,20H2,1-2H3,(H,25,26). The predicted molar refractivity (Wildman–Crippen MR) is 98.3 cm³/mol. The summed E-state index contributed by atoms with van der Waals surface area (Å²) in [7, 11) is 0. The summed E-state index contributed by atoms with van der Waals surface area (Å²) in [6, 6.07) is 2.27. The van der Waals surface area contributed by atoms with E-state index in [1.165, 1.54) is 16.8 Å². The number of ether oxygens (including phenoxy) is 1. The van der Waals surface area contributed by atoms with Crippen molar-refractivity contribution in [3.63, 3.8) is 0 Å². The zero-order valence-electron chi connectivity index (χ0n) is 15.1. The van der Waals surface area contributed by atoms with Gasteiger partial charge in [0.1, 0.15) is 28.4 Å². The van der Waals surface area contributed by atoms with E-state index in [4.69, 9.17) is 10.5 Å². The zero-order chi connectivity index (χ0) is 20.6. The molecule has 0 unspecified atom stereocenters. The third-order valence-electron chi connectivity index (χ3n) is 4.25. The summed E-state index contributed by atoms with van der Waals surface area (Å²) in [6.07, 6.45) is 2.36. The molecule has 2 heterocycles. The number of rotatable bonds is 5. The lowest BCUT2D eigenvalue weighted by Gasteiger charge is -2.13. The van der Waals surface area contributed by atoms with Crippen LogP contribution >= 0.6 is 0 Å². The lowest BCUT2D eigenvalue weighted by molar-refractivity contribution is 0.0527. The van der Waals surface area contributed by atoms with Crippen LogP contribution in [0.1, 0.15) is 34.6 Å². The number of fused-ring (bicyclic) bond motifs is 1. The lowest BCUT2D eigenvalue weighted by atomic mass is 10.1. The molecule has 1 aromatic carbocycles. The third-order valence-corrected chi connectivity index (χ3v) is 4.25. The molecule has 3 rings (SSSR count). The van der Waals surface area contributed by atoms with Gasteiger partial charge in [0.15, 0.2) is 0 Å². The molecule has 0 aliphatic carbocycles. The largest absolute Gasteiger partial charge is 0.477 e. The summed E-state index contributed by atoms with van der Waals surface area (Å²) >= 11 is 0. The quantitative estimate of drug-likeness (QED) is 0.638. The number of pyridine rings is 1. The molecule has 0 fully saturated rings. The van der Waals surface area contributed by atoms with Crippen molar-refractivity contribution in [1.82, 2.24) is 14.3 Å². The van der Waals surface area contributed by atoms with Crippen molar-refractivity contribution in [1.29, 1.82) is 0 Å². The van der Waals surface area contributed by atoms with Crippen LogP contribution in [0.4, 0.5) is 10.2 Å². The van der Waals surface area contributed by atoms with E-state index in [9.17, 15) is 23.9 Å². The van der Waals surface area contributed by atoms with Crippen molar-refractivity contribution in [2.24, 2.45) is 0 Å². The summed E-state index contributed by atoms with van der Waals surface area (Å²) in [5.41, 5.74) is 4.88. The van der Waals surface area contributed by atoms with Crippen LogP contribution < -0.4 is 11.2 Å². The van der Waals surface area contributed by atoms with Crippen molar-refractivity contribution >= 4 is 28.7 Å². The smallest absolute Gasteiger partial charge is 0.343 e. The van der Waals surface area contributed by atoms with E-state index in [0.717, 1.165) is 16.9 Å². The van der Waals surface area contributed by atoms with Gasteiger partial charge in [0.2, 0.25) is 5.43 Å². The molecule has 0 atom stereocenters. The number of carboxylic acids is 1. The van der Waals surface area contributed by atoms with Crippen molar-refractivity contribution in [3.8, 4) is 5.69 Å². The molecule has 0 amide bonds. The Hall–Kier alpha value is -3.69. The summed E-state index contributed by atoms with van der Waals surface area (Å²) in [4.78, 5) is 35.6. The average Bonchev–Trinajstić information content (AvgIpc) is 3.03. The maximum atomic E-state index is 14.8. The Labute approximate surface area is 157 Å². The first-order valence-corrected chi connectivity index (χ1v) is 8.41. The Morgan fingerprint density at radius 1 is 1.29 bits per heavy atom. The minimum absolute atomic E-state index is 0.0181. The number of nitrogens with two attached hydrogens (primary N) is 1. The first-order valence-electron chi connectivity index (χ1n) is 8.41. The number of hydrogen-bond acceptors (Lipinski definition) is 6. The molecule has 0 aliphatic heterocycles. The van der Waals surface area contributed by atoms with Gasteiger partial charge >= 0.3 is 11.9 Å². The molecule has 146 valence electrons. The highest BCUT2D eigenvalue weighted by atomic mass is 19.1. The first-order chi connectivity index (χ1) is 13.3. The fourth-order valence-electron chi connectivity index (χ4n) is 2.89. The summed E-state index contributed by atoms with van der Waals surface area (Å²) in [5, 5.41) is 13.1. The number of nitrogen functional groups attached to an aromatic ring is 1. The number of carbonyl (C=O) groups excluding carboxylic acids is 1. The number of aromatic carboxylic acids is 1. The van der Waals surface area contributed by atoms with Gasteiger partial charge in [0.05, 0.1) is 18.3 Å². The fraction of sp³-hybridized carbons (Fsp3) is 0.222. The topological polar surface area (TPSA) is 129 Å². The predicted octanol–water partition coefficient (Wildman–Crippen LogP) is 1.80. The average molecular weight is 388 g/mol. The van der Waals surface area contributed by atoms with Gasteiger partial charge in [0, 0.05) is 18.1 Å². The van der Waals surface area contributed by atoms with E-state index >= 15 is 0 Å². The molecule has 0 bridgehead atoms. The Balaban J connectivity index is 2.26. The minimum atomic E-state index is -1.39. The maximum absolute atomic E-state index is 14.8.